The number of alkyl halides is 1. The standard InChI is InChI=1S/C30H38FN5O4/c1-5-21-6-11-24(31)30(18-21,27(33)38)25(20(2)3)26(37)35-15-12-29(13-16-35)28(39)34(4)19-36(29)22-7-9-23(10-8-22)40-17-14-32/h6-11,18,20,24-25H,5,12-13,15-17,19H2,1-4H3,(H2,33,38). The lowest BCUT2D eigenvalue weighted by Gasteiger charge is -2.47. The lowest BCUT2D eigenvalue weighted by atomic mass is 9.63. The number of allylic oxidation sites excluding steroid dienone is 3. The zero-order chi connectivity index (χ0) is 29.2. The van der Waals surface area contributed by atoms with Crippen LogP contribution in [0.3, 0.4) is 0 Å². The Morgan fingerprint density at radius 1 is 1.23 bits per heavy atom. The van der Waals surface area contributed by atoms with Gasteiger partial charge in [-0.25, -0.2) is 4.39 Å². The number of nitriles is 1. The summed E-state index contributed by atoms with van der Waals surface area (Å²) in [4.78, 5) is 45.8. The number of rotatable bonds is 8. The van der Waals surface area contributed by atoms with Crippen LogP contribution < -0.4 is 15.4 Å². The van der Waals surface area contributed by atoms with Crippen molar-refractivity contribution in [3.8, 4) is 11.8 Å². The molecule has 2 aliphatic heterocycles. The first kappa shape index (κ1) is 29.1. The van der Waals surface area contributed by atoms with E-state index in [0.29, 0.717) is 31.7 Å². The first-order valence-electron chi connectivity index (χ1n) is 13.8. The summed E-state index contributed by atoms with van der Waals surface area (Å²) in [6, 6.07) is 9.19. The first-order chi connectivity index (χ1) is 19.0. The van der Waals surface area contributed by atoms with Crippen LogP contribution in [0.2, 0.25) is 0 Å². The average molecular weight is 552 g/mol. The van der Waals surface area contributed by atoms with Gasteiger partial charge in [-0.2, -0.15) is 5.26 Å². The van der Waals surface area contributed by atoms with Crippen molar-refractivity contribution in [2.75, 3.05) is 38.3 Å². The van der Waals surface area contributed by atoms with Gasteiger partial charge < -0.3 is 25.2 Å². The van der Waals surface area contributed by atoms with Crippen molar-refractivity contribution in [1.82, 2.24) is 9.80 Å². The van der Waals surface area contributed by atoms with Gasteiger partial charge in [0.25, 0.3) is 0 Å². The molecule has 2 heterocycles. The number of hydrogen-bond acceptors (Lipinski definition) is 6. The number of likely N-dealkylation sites (N-methyl/N-ethyl adjacent to an activating group) is 1. The maximum absolute atomic E-state index is 15.6. The van der Waals surface area contributed by atoms with Crippen molar-refractivity contribution < 1.29 is 23.5 Å². The fourth-order valence-electron chi connectivity index (χ4n) is 6.51. The fraction of sp³-hybridized carbons (Fsp3) is 0.533. The zero-order valence-corrected chi connectivity index (χ0v) is 23.6. The summed E-state index contributed by atoms with van der Waals surface area (Å²) in [5.41, 5.74) is 4.85. The molecule has 40 heavy (non-hydrogen) atoms. The van der Waals surface area contributed by atoms with E-state index in [-0.39, 0.29) is 37.4 Å². The minimum atomic E-state index is -1.77. The number of piperidine rings is 1. The summed E-state index contributed by atoms with van der Waals surface area (Å²) in [5.74, 6) is -1.97. The number of ether oxygens (including phenoxy) is 1. The van der Waals surface area contributed by atoms with Gasteiger partial charge >= 0.3 is 0 Å². The lowest BCUT2D eigenvalue weighted by molar-refractivity contribution is -0.151. The normalized spacial score (nSPS) is 24.7. The molecule has 2 saturated heterocycles. The molecule has 9 nitrogen and oxygen atoms in total. The number of benzene rings is 1. The van der Waals surface area contributed by atoms with Gasteiger partial charge in [0.2, 0.25) is 17.7 Å². The number of hydrogen-bond donors (Lipinski definition) is 1. The zero-order valence-electron chi connectivity index (χ0n) is 23.6. The Labute approximate surface area is 235 Å². The Morgan fingerprint density at radius 2 is 1.88 bits per heavy atom. The molecule has 3 aliphatic rings. The molecule has 3 unspecified atom stereocenters. The molecule has 3 amide bonds. The molecule has 214 valence electrons. The molecule has 0 saturated carbocycles. The quantitative estimate of drug-likeness (QED) is 0.530. The molecular weight excluding hydrogens is 513 g/mol. The number of anilines is 1. The van der Waals surface area contributed by atoms with E-state index in [1.165, 1.54) is 6.08 Å². The van der Waals surface area contributed by atoms with E-state index in [1.807, 2.05) is 39.0 Å². The number of halogens is 1. The van der Waals surface area contributed by atoms with E-state index >= 15 is 4.39 Å². The van der Waals surface area contributed by atoms with Crippen LogP contribution in [0.1, 0.15) is 40.0 Å². The van der Waals surface area contributed by atoms with Gasteiger partial charge in [-0.1, -0.05) is 38.5 Å². The second kappa shape index (κ2) is 11.3. The van der Waals surface area contributed by atoms with E-state index in [2.05, 4.69) is 4.90 Å². The average Bonchev–Trinajstić information content (AvgIpc) is 3.18. The molecule has 2 N–H and O–H groups in total. The molecule has 2 fully saturated rings. The molecule has 0 bridgehead atoms. The lowest BCUT2D eigenvalue weighted by Crippen LogP contribution is -2.61. The largest absolute Gasteiger partial charge is 0.479 e. The first-order valence-corrected chi connectivity index (χ1v) is 13.8. The highest BCUT2D eigenvalue weighted by Gasteiger charge is 2.57. The van der Waals surface area contributed by atoms with Gasteiger partial charge in [0, 0.05) is 25.8 Å². The van der Waals surface area contributed by atoms with Crippen molar-refractivity contribution >= 4 is 23.4 Å². The number of likely N-dealkylation sites (tertiary alicyclic amines) is 1. The van der Waals surface area contributed by atoms with Crippen LogP contribution >= 0.6 is 0 Å². The second-order valence-corrected chi connectivity index (χ2v) is 11.2. The van der Waals surface area contributed by atoms with Crippen LogP contribution in [0, 0.1) is 28.6 Å². The van der Waals surface area contributed by atoms with Crippen molar-refractivity contribution in [3.05, 3.63) is 48.1 Å². The second-order valence-electron chi connectivity index (χ2n) is 11.2. The van der Waals surface area contributed by atoms with E-state index in [9.17, 15) is 14.4 Å². The number of carbonyl (C=O) groups excluding carboxylic acids is 3. The van der Waals surface area contributed by atoms with Crippen molar-refractivity contribution in [3.63, 3.8) is 0 Å². The molecule has 0 radical (unpaired) electrons. The Balaban J connectivity index is 1.59. The van der Waals surface area contributed by atoms with Crippen LogP contribution in [-0.4, -0.2) is 72.6 Å². The molecule has 1 spiro atoms. The van der Waals surface area contributed by atoms with Crippen molar-refractivity contribution in [1.29, 1.82) is 5.26 Å². The highest BCUT2D eigenvalue weighted by Crippen LogP contribution is 2.46. The van der Waals surface area contributed by atoms with Crippen LogP contribution in [0.15, 0.2) is 48.1 Å². The van der Waals surface area contributed by atoms with Gasteiger partial charge in [0.05, 0.1) is 12.6 Å². The highest BCUT2D eigenvalue weighted by atomic mass is 19.1. The van der Waals surface area contributed by atoms with Crippen molar-refractivity contribution in [2.45, 2.75) is 51.7 Å². The third-order valence-electron chi connectivity index (χ3n) is 8.61. The third kappa shape index (κ3) is 4.82. The number of amides is 3. The summed E-state index contributed by atoms with van der Waals surface area (Å²) in [5, 5.41) is 8.75. The van der Waals surface area contributed by atoms with E-state index in [1.54, 1.807) is 41.1 Å². The monoisotopic (exact) mass is 551 g/mol. The van der Waals surface area contributed by atoms with Gasteiger partial charge in [0.15, 0.2) is 6.61 Å². The number of carbonyl (C=O) groups is 3. The number of nitrogens with zero attached hydrogens (tertiary/aromatic N) is 4. The van der Waals surface area contributed by atoms with E-state index in [0.717, 1.165) is 11.3 Å². The topological polar surface area (TPSA) is 120 Å². The molecule has 4 rings (SSSR count). The number of primary amides is 1. The fourth-order valence-corrected chi connectivity index (χ4v) is 6.51. The van der Waals surface area contributed by atoms with Crippen LogP contribution in [0.5, 0.6) is 5.75 Å². The minimum absolute atomic E-state index is 0.0183. The predicted octanol–water partition coefficient (Wildman–Crippen LogP) is 3.17. The summed E-state index contributed by atoms with van der Waals surface area (Å²) < 4.78 is 20.9. The number of nitrogens with two attached hydrogens (primary N) is 1. The van der Waals surface area contributed by atoms with Gasteiger partial charge in [0.1, 0.15) is 28.9 Å². The summed E-state index contributed by atoms with van der Waals surface area (Å²) in [6.07, 6.45) is 4.19. The summed E-state index contributed by atoms with van der Waals surface area (Å²) in [7, 11) is 1.76. The molecule has 0 aromatic heterocycles. The van der Waals surface area contributed by atoms with Gasteiger partial charge in [-0.3, -0.25) is 14.4 Å². The van der Waals surface area contributed by atoms with E-state index < -0.39 is 29.0 Å². The smallest absolute Gasteiger partial charge is 0.249 e. The Morgan fingerprint density at radius 3 is 2.42 bits per heavy atom. The van der Waals surface area contributed by atoms with Crippen LogP contribution in [-0.2, 0) is 14.4 Å². The van der Waals surface area contributed by atoms with Gasteiger partial charge in [-0.15, -0.1) is 0 Å². The van der Waals surface area contributed by atoms with E-state index in [4.69, 9.17) is 15.7 Å². The third-order valence-corrected chi connectivity index (χ3v) is 8.61. The van der Waals surface area contributed by atoms with Crippen LogP contribution in [0.25, 0.3) is 0 Å². The Hall–Kier alpha value is -3.87. The SMILES string of the molecule is CCC1=CC(C(N)=O)(C(C(=O)N2CCC3(CC2)C(=O)N(C)CN3c2ccc(OCC#N)cc2)C(C)C)C(F)C=C1. The predicted molar refractivity (Wildman–Crippen MR) is 149 cm³/mol. The molecule has 1 aromatic rings. The highest BCUT2D eigenvalue weighted by molar-refractivity contribution is 5.95. The van der Waals surface area contributed by atoms with Gasteiger partial charge in [-0.05, 0) is 55.5 Å². The molecule has 10 heteroatoms. The summed E-state index contributed by atoms with van der Waals surface area (Å²) >= 11 is 0. The maximum Gasteiger partial charge on any atom is 0.249 e. The van der Waals surface area contributed by atoms with Crippen molar-refractivity contribution in [2.24, 2.45) is 23.0 Å². The molecule has 1 aromatic carbocycles. The maximum atomic E-state index is 15.6. The molecule has 1 aliphatic carbocycles. The molecular formula is C30H38FN5O4. The van der Waals surface area contributed by atoms with Crippen LogP contribution in [0.4, 0.5) is 10.1 Å². The summed E-state index contributed by atoms with van der Waals surface area (Å²) in [6.45, 7) is 6.44. The Bertz CT molecular complexity index is 1250. The Kier molecular flexibility index (Phi) is 8.24. The minimum Gasteiger partial charge on any atom is -0.479 e. The molecule has 3 atom stereocenters.